The highest BCUT2D eigenvalue weighted by Gasteiger charge is 2.39. The van der Waals surface area contributed by atoms with Crippen LogP contribution in [0.5, 0.6) is 0 Å². The Bertz CT molecular complexity index is 1330. The van der Waals surface area contributed by atoms with E-state index in [4.69, 9.17) is 0 Å². The molecule has 0 fully saturated rings. The molecule has 1 aliphatic carbocycles. The molecule has 0 spiro atoms. The van der Waals surface area contributed by atoms with Gasteiger partial charge in [-0.05, 0) is 73.2 Å². The van der Waals surface area contributed by atoms with Gasteiger partial charge in [0.15, 0.2) is 0 Å². The van der Waals surface area contributed by atoms with Crippen molar-refractivity contribution in [1.82, 2.24) is 0 Å². The predicted octanol–water partition coefficient (Wildman–Crippen LogP) is 6.07. The van der Waals surface area contributed by atoms with Crippen LogP contribution in [0.25, 0.3) is 0 Å². The highest BCUT2D eigenvalue weighted by atomic mass is 32.2. The molecule has 0 amide bonds. The number of anilines is 2. The molecule has 1 aliphatic heterocycles. The fraction of sp³-hybridized carbons (Fsp3) is 0.231. The smallest absolute Gasteiger partial charge is 0.261 e. The molecule has 4 nitrogen and oxygen atoms in total. The van der Waals surface area contributed by atoms with Crippen LogP contribution in [0.15, 0.2) is 77.7 Å². The fourth-order valence-electron chi connectivity index (χ4n) is 4.89. The Labute approximate surface area is 188 Å². The summed E-state index contributed by atoms with van der Waals surface area (Å²) in [6, 6.07) is 17.6. The van der Waals surface area contributed by atoms with Crippen LogP contribution in [0, 0.1) is 25.6 Å². The highest BCUT2D eigenvalue weighted by Crippen LogP contribution is 2.50. The van der Waals surface area contributed by atoms with Gasteiger partial charge in [-0.25, -0.2) is 12.8 Å². The van der Waals surface area contributed by atoms with Crippen LogP contribution in [0.1, 0.15) is 40.6 Å². The number of halogens is 1. The van der Waals surface area contributed by atoms with E-state index >= 15 is 0 Å². The lowest BCUT2D eigenvalue weighted by Gasteiger charge is -2.38. The number of benzene rings is 3. The summed E-state index contributed by atoms with van der Waals surface area (Å²) in [5.41, 5.74) is 5.59. The summed E-state index contributed by atoms with van der Waals surface area (Å²) >= 11 is 0. The molecule has 3 aromatic carbocycles. The maximum atomic E-state index is 14.0. The maximum absolute atomic E-state index is 14.0. The van der Waals surface area contributed by atoms with Gasteiger partial charge in [-0.3, -0.25) is 4.72 Å². The molecular formula is C26H25FN2O2S. The monoisotopic (exact) mass is 448 g/mol. The second kappa shape index (κ2) is 7.78. The summed E-state index contributed by atoms with van der Waals surface area (Å²) in [6.07, 6.45) is 5.30. The molecular weight excluding hydrogens is 423 g/mol. The van der Waals surface area contributed by atoms with Gasteiger partial charge < -0.3 is 5.32 Å². The van der Waals surface area contributed by atoms with Gasteiger partial charge in [0.25, 0.3) is 10.0 Å². The minimum absolute atomic E-state index is 0.0584. The Morgan fingerprint density at radius 2 is 1.81 bits per heavy atom. The molecule has 0 radical (unpaired) electrons. The van der Waals surface area contributed by atoms with Crippen LogP contribution >= 0.6 is 0 Å². The number of para-hydroxylation sites is 1. The normalized spacial score (nSPS) is 21.5. The lowest BCUT2D eigenvalue weighted by molar-refractivity contribution is 0.424. The van der Waals surface area contributed by atoms with Crippen molar-refractivity contribution < 1.29 is 12.8 Å². The molecule has 0 saturated carbocycles. The van der Waals surface area contributed by atoms with Gasteiger partial charge in [0.05, 0.1) is 16.6 Å². The third kappa shape index (κ3) is 3.58. The number of aryl methyl sites for hydroxylation is 2. The Kier molecular flexibility index (Phi) is 5.05. The summed E-state index contributed by atoms with van der Waals surface area (Å²) in [6.45, 7) is 4.23. The third-order valence-electron chi connectivity index (χ3n) is 6.53. The molecule has 1 heterocycles. The fourth-order valence-corrected chi connectivity index (χ4v) is 5.99. The molecule has 3 aromatic rings. The first kappa shape index (κ1) is 20.8. The summed E-state index contributed by atoms with van der Waals surface area (Å²) in [5.74, 6) is -0.175. The van der Waals surface area contributed by atoms with E-state index in [0.717, 1.165) is 17.7 Å². The topological polar surface area (TPSA) is 58.2 Å². The van der Waals surface area contributed by atoms with Crippen LogP contribution in [-0.4, -0.2) is 8.42 Å². The molecule has 2 N–H and O–H groups in total. The SMILES string of the molecule is Cc1ccc(C)c([C@H]2Nc3ccc(S(=O)(=O)Nc4ccccc4F)cc3[C@H]3C=CC[C@H]32)c1. The first-order valence-corrected chi connectivity index (χ1v) is 12.2. The molecule has 0 bridgehead atoms. The lowest BCUT2D eigenvalue weighted by atomic mass is 9.76. The highest BCUT2D eigenvalue weighted by molar-refractivity contribution is 7.92. The number of hydrogen-bond acceptors (Lipinski definition) is 3. The van der Waals surface area contributed by atoms with Gasteiger partial charge >= 0.3 is 0 Å². The van der Waals surface area contributed by atoms with Crippen LogP contribution in [0.4, 0.5) is 15.8 Å². The maximum Gasteiger partial charge on any atom is 0.261 e. The molecule has 0 saturated heterocycles. The summed E-state index contributed by atoms with van der Waals surface area (Å²) in [7, 11) is -3.92. The van der Waals surface area contributed by atoms with Crippen LogP contribution in [0.2, 0.25) is 0 Å². The van der Waals surface area contributed by atoms with E-state index in [1.807, 2.05) is 6.07 Å². The molecule has 2 aliphatic rings. The van der Waals surface area contributed by atoms with Crippen molar-refractivity contribution in [3.63, 3.8) is 0 Å². The Morgan fingerprint density at radius 1 is 1.00 bits per heavy atom. The van der Waals surface area contributed by atoms with Crippen molar-refractivity contribution in [2.75, 3.05) is 10.0 Å². The van der Waals surface area contributed by atoms with Crippen molar-refractivity contribution in [2.24, 2.45) is 5.92 Å². The van der Waals surface area contributed by atoms with E-state index in [0.29, 0.717) is 5.92 Å². The van der Waals surface area contributed by atoms with Gasteiger partial charge in [-0.15, -0.1) is 0 Å². The number of hydrogen-bond donors (Lipinski definition) is 2. The predicted molar refractivity (Wildman–Crippen MR) is 126 cm³/mol. The molecule has 0 unspecified atom stereocenters. The molecule has 6 heteroatoms. The van der Waals surface area contributed by atoms with Crippen molar-refractivity contribution in [1.29, 1.82) is 0 Å². The Hall–Kier alpha value is -3.12. The number of fused-ring (bicyclic) bond motifs is 3. The first-order chi connectivity index (χ1) is 15.3. The van der Waals surface area contributed by atoms with Crippen molar-refractivity contribution in [3.8, 4) is 0 Å². The Morgan fingerprint density at radius 3 is 2.62 bits per heavy atom. The van der Waals surface area contributed by atoms with Gasteiger partial charge in [-0.1, -0.05) is 48.0 Å². The number of nitrogens with one attached hydrogen (secondary N) is 2. The molecule has 5 rings (SSSR count). The summed E-state index contributed by atoms with van der Waals surface area (Å²) in [5, 5.41) is 3.67. The van der Waals surface area contributed by atoms with Gasteiger partial charge in [0.2, 0.25) is 0 Å². The molecule has 0 aromatic heterocycles. The zero-order valence-corrected chi connectivity index (χ0v) is 18.8. The van der Waals surface area contributed by atoms with Gasteiger partial charge in [0, 0.05) is 11.6 Å². The Balaban J connectivity index is 1.52. The number of allylic oxidation sites excluding steroid dienone is 2. The average molecular weight is 449 g/mol. The number of sulfonamides is 1. The van der Waals surface area contributed by atoms with E-state index in [1.54, 1.807) is 18.2 Å². The van der Waals surface area contributed by atoms with Crippen LogP contribution < -0.4 is 10.0 Å². The van der Waals surface area contributed by atoms with E-state index in [1.165, 1.54) is 34.9 Å². The van der Waals surface area contributed by atoms with Gasteiger partial charge in [0.1, 0.15) is 5.82 Å². The largest absolute Gasteiger partial charge is 0.378 e. The van der Waals surface area contributed by atoms with E-state index in [2.05, 4.69) is 54.2 Å². The number of rotatable bonds is 4. The molecule has 3 atom stereocenters. The zero-order chi connectivity index (χ0) is 22.5. The van der Waals surface area contributed by atoms with Gasteiger partial charge in [-0.2, -0.15) is 0 Å². The van der Waals surface area contributed by atoms with E-state index in [9.17, 15) is 12.8 Å². The summed E-state index contributed by atoms with van der Waals surface area (Å²) in [4.78, 5) is 0.130. The van der Waals surface area contributed by atoms with E-state index in [-0.39, 0.29) is 22.5 Å². The van der Waals surface area contributed by atoms with Crippen LogP contribution in [0.3, 0.4) is 0 Å². The van der Waals surface area contributed by atoms with Crippen molar-refractivity contribution in [2.45, 2.75) is 37.1 Å². The van der Waals surface area contributed by atoms with Crippen molar-refractivity contribution >= 4 is 21.4 Å². The second-order valence-corrected chi connectivity index (χ2v) is 10.4. The lowest BCUT2D eigenvalue weighted by Crippen LogP contribution is -2.30. The zero-order valence-electron chi connectivity index (χ0n) is 18.0. The third-order valence-corrected chi connectivity index (χ3v) is 7.90. The average Bonchev–Trinajstić information content (AvgIpc) is 3.26. The minimum Gasteiger partial charge on any atom is -0.378 e. The second-order valence-electron chi connectivity index (χ2n) is 8.67. The first-order valence-electron chi connectivity index (χ1n) is 10.7. The van der Waals surface area contributed by atoms with E-state index < -0.39 is 15.8 Å². The van der Waals surface area contributed by atoms with Crippen molar-refractivity contribution in [3.05, 3.63) is 101 Å². The standard InChI is InChI=1S/C26H25FN2O2S/c1-16-10-11-17(2)21(14-16)26-20-7-5-6-19(20)22-15-18(12-13-24(22)28-26)32(30,31)29-25-9-4-3-8-23(25)27/h3-6,8-15,19-20,26,28-29H,7H2,1-2H3/t19-,20+,26-/m0/s1. The van der Waals surface area contributed by atoms with Crippen LogP contribution in [-0.2, 0) is 10.0 Å². The summed E-state index contributed by atoms with van der Waals surface area (Å²) < 4.78 is 42.3. The minimum atomic E-state index is -3.92. The molecule has 32 heavy (non-hydrogen) atoms. The quantitative estimate of drug-likeness (QED) is 0.476. The molecule has 164 valence electrons.